The number of rotatable bonds is 5. The van der Waals surface area contributed by atoms with Crippen molar-refractivity contribution in [2.75, 3.05) is 6.54 Å². The summed E-state index contributed by atoms with van der Waals surface area (Å²) >= 11 is 2.71. The van der Waals surface area contributed by atoms with Crippen LogP contribution in [-0.2, 0) is 0 Å². The first-order valence-electron chi connectivity index (χ1n) is 5.47. The number of nitrogens with one attached hydrogen (secondary N) is 1. The summed E-state index contributed by atoms with van der Waals surface area (Å²) in [4.78, 5) is 13.5. The van der Waals surface area contributed by atoms with Gasteiger partial charge in [0.2, 0.25) is 0 Å². The van der Waals surface area contributed by atoms with E-state index in [0.29, 0.717) is 17.1 Å². The summed E-state index contributed by atoms with van der Waals surface area (Å²) in [5, 5.41) is 8.88. The molecule has 0 unspecified atom stereocenters. The average molecular weight is 267 g/mol. The molecule has 2 heterocycles. The second kappa shape index (κ2) is 5.88. The number of unbranched alkanes of at least 4 members (excludes halogenated alkanes) is 1. The second-order valence-electron chi connectivity index (χ2n) is 3.54. The van der Waals surface area contributed by atoms with Crippen molar-refractivity contribution in [1.29, 1.82) is 0 Å². The molecule has 0 saturated carbocycles. The molecule has 2 rings (SSSR count). The van der Waals surface area contributed by atoms with Crippen LogP contribution in [0.5, 0.6) is 0 Å². The Balaban J connectivity index is 2.11. The smallest absolute Gasteiger partial charge is 0.265 e. The van der Waals surface area contributed by atoms with Crippen LogP contribution in [-0.4, -0.2) is 22.0 Å². The van der Waals surface area contributed by atoms with E-state index in [1.165, 1.54) is 0 Å². The third-order valence-electron chi connectivity index (χ3n) is 2.26. The normalized spacial score (nSPS) is 10.4. The van der Waals surface area contributed by atoms with Gasteiger partial charge in [-0.1, -0.05) is 23.9 Å². The molecule has 1 amide bonds. The van der Waals surface area contributed by atoms with E-state index in [2.05, 4.69) is 21.8 Å². The van der Waals surface area contributed by atoms with E-state index < -0.39 is 0 Å². The molecule has 2 aromatic rings. The van der Waals surface area contributed by atoms with E-state index in [4.69, 9.17) is 0 Å². The van der Waals surface area contributed by atoms with Crippen molar-refractivity contribution in [3.8, 4) is 10.6 Å². The quantitative estimate of drug-likeness (QED) is 0.847. The van der Waals surface area contributed by atoms with Crippen LogP contribution in [0, 0.1) is 0 Å². The molecule has 0 fully saturated rings. The molecule has 0 atom stereocenters. The second-order valence-corrected chi connectivity index (χ2v) is 5.24. The Labute approximate surface area is 108 Å². The molecule has 1 N–H and O–H groups in total. The number of amides is 1. The Hall–Kier alpha value is -1.27. The third kappa shape index (κ3) is 2.89. The number of thiophene rings is 1. The highest BCUT2D eigenvalue weighted by Crippen LogP contribution is 2.27. The van der Waals surface area contributed by atoms with Gasteiger partial charge in [0.1, 0.15) is 10.6 Å². The standard InChI is InChI=1S/C11H13N3OS2/c1-2-3-6-12-11(15)10-9(13-14-17-10)8-5-4-7-16-8/h4-5,7H,2-3,6H2,1H3,(H,12,15). The monoisotopic (exact) mass is 267 g/mol. The zero-order chi connectivity index (χ0) is 12.1. The van der Waals surface area contributed by atoms with E-state index in [0.717, 1.165) is 29.3 Å². The molecule has 0 saturated heterocycles. The number of nitrogens with zero attached hydrogens (tertiary/aromatic N) is 2. The first kappa shape index (κ1) is 12.2. The van der Waals surface area contributed by atoms with Gasteiger partial charge in [0.25, 0.3) is 5.91 Å². The van der Waals surface area contributed by atoms with Crippen molar-refractivity contribution in [3.63, 3.8) is 0 Å². The fourth-order valence-electron chi connectivity index (χ4n) is 1.37. The molecule has 4 nitrogen and oxygen atoms in total. The number of hydrogen-bond donors (Lipinski definition) is 1. The maximum Gasteiger partial charge on any atom is 0.265 e. The minimum absolute atomic E-state index is 0.0724. The average Bonchev–Trinajstić information content (AvgIpc) is 2.99. The molecular formula is C11H13N3OS2. The number of carbonyl (C=O) groups is 1. The fraction of sp³-hybridized carbons (Fsp3) is 0.364. The van der Waals surface area contributed by atoms with Gasteiger partial charge in [0, 0.05) is 6.54 Å². The number of carbonyl (C=O) groups excluding carboxylic acids is 1. The molecular weight excluding hydrogens is 254 g/mol. The molecule has 0 bridgehead atoms. The van der Waals surface area contributed by atoms with Gasteiger partial charge in [-0.3, -0.25) is 4.79 Å². The van der Waals surface area contributed by atoms with Gasteiger partial charge < -0.3 is 5.32 Å². The van der Waals surface area contributed by atoms with Crippen LogP contribution in [0.15, 0.2) is 17.5 Å². The maximum absolute atomic E-state index is 11.9. The predicted molar refractivity (Wildman–Crippen MR) is 70.5 cm³/mol. The molecule has 2 aromatic heterocycles. The van der Waals surface area contributed by atoms with Crippen LogP contribution in [0.4, 0.5) is 0 Å². The Morgan fingerprint density at radius 2 is 2.41 bits per heavy atom. The topological polar surface area (TPSA) is 54.9 Å². The highest BCUT2D eigenvalue weighted by Gasteiger charge is 2.17. The van der Waals surface area contributed by atoms with Gasteiger partial charge in [0.05, 0.1) is 4.88 Å². The SMILES string of the molecule is CCCCNC(=O)c1snnc1-c1cccs1. The van der Waals surface area contributed by atoms with Crippen LogP contribution in [0.2, 0.25) is 0 Å². The third-order valence-corrected chi connectivity index (χ3v) is 3.87. The highest BCUT2D eigenvalue weighted by molar-refractivity contribution is 7.14. The first-order chi connectivity index (χ1) is 8.33. The van der Waals surface area contributed by atoms with Crippen LogP contribution >= 0.6 is 22.9 Å². The molecule has 0 radical (unpaired) electrons. The van der Waals surface area contributed by atoms with Gasteiger partial charge in [-0.15, -0.1) is 16.4 Å². The van der Waals surface area contributed by atoms with Crippen molar-refractivity contribution in [1.82, 2.24) is 14.9 Å². The van der Waals surface area contributed by atoms with Gasteiger partial charge in [-0.25, -0.2) is 0 Å². The summed E-state index contributed by atoms with van der Waals surface area (Å²) in [6, 6.07) is 3.89. The minimum Gasteiger partial charge on any atom is -0.351 e. The Bertz CT molecular complexity index is 479. The summed E-state index contributed by atoms with van der Waals surface area (Å²) < 4.78 is 3.86. The number of aromatic nitrogens is 2. The van der Waals surface area contributed by atoms with Gasteiger partial charge in [-0.2, -0.15) is 0 Å². The first-order valence-corrected chi connectivity index (χ1v) is 7.12. The van der Waals surface area contributed by atoms with E-state index >= 15 is 0 Å². The summed E-state index contributed by atoms with van der Waals surface area (Å²) in [5.41, 5.74) is 0.694. The van der Waals surface area contributed by atoms with Crippen molar-refractivity contribution < 1.29 is 4.79 Å². The largest absolute Gasteiger partial charge is 0.351 e. The van der Waals surface area contributed by atoms with Crippen LogP contribution < -0.4 is 5.32 Å². The molecule has 0 aromatic carbocycles. The summed E-state index contributed by atoms with van der Waals surface area (Å²) in [7, 11) is 0. The minimum atomic E-state index is -0.0724. The molecule has 0 aliphatic heterocycles. The molecule has 17 heavy (non-hydrogen) atoms. The fourth-order valence-corrected chi connectivity index (χ4v) is 2.75. The van der Waals surface area contributed by atoms with Gasteiger partial charge in [0.15, 0.2) is 0 Å². The van der Waals surface area contributed by atoms with Crippen LogP contribution in [0.1, 0.15) is 29.4 Å². The van der Waals surface area contributed by atoms with Crippen molar-refractivity contribution in [2.24, 2.45) is 0 Å². The van der Waals surface area contributed by atoms with Crippen LogP contribution in [0.3, 0.4) is 0 Å². The predicted octanol–water partition coefficient (Wildman–Crippen LogP) is 2.80. The molecule has 0 aliphatic carbocycles. The molecule has 6 heteroatoms. The Kier molecular flexibility index (Phi) is 4.22. The molecule has 90 valence electrons. The number of hydrogen-bond acceptors (Lipinski definition) is 5. The van der Waals surface area contributed by atoms with Gasteiger partial charge in [-0.05, 0) is 29.4 Å². The lowest BCUT2D eigenvalue weighted by Crippen LogP contribution is -2.23. The zero-order valence-corrected chi connectivity index (χ0v) is 11.1. The van der Waals surface area contributed by atoms with Crippen LogP contribution in [0.25, 0.3) is 10.6 Å². The van der Waals surface area contributed by atoms with Crippen molar-refractivity contribution in [2.45, 2.75) is 19.8 Å². The summed E-state index contributed by atoms with van der Waals surface area (Å²) in [6.45, 7) is 2.80. The Morgan fingerprint density at radius 1 is 1.53 bits per heavy atom. The summed E-state index contributed by atoms with van der Waals surface area (Å²) in [5.74, 6) is -0.0724. The van der Waals surface area contributed by atoms with Crippen molar-refractivity contribution >= 4 is 28.8 Å². The van der Waals surface area contributed by atoms with E-state index in [1.54, 1.807) is 11.3 Å². The van der Waals surface area contributed by atoms with E-state index in [9.17, 15) is 4.79 Å². The van der Waals surface area contributed by atoms with Crippen molar-refractivity contribution in [3.05, 3.63) is 22.4 Å². The molecule has 0 spiro atoms. The highest BCUT2D eigenvalue weighted by atomic mass is 32.1. The van der Waals surface area contributed by atoms with Gasteiger partial charge >= 0.3 is 0 Å². The van der Waals surface area contributed by atoms with E-state index in [1.807, 2.05) is 17.5 Å². The molecule has 0 aliphatic rings. The lowest BCUT2D eigenvalue weighted by atomic mass is 10.3. The Morgan fingerprint density at radius 3 is 3.12 bits per heavy atom. The van der Waals surface area contributed by atoms with E-state index in [-0.39, 0.29) is 5.91 Å². The zero-order valence-electron chi connectivity index (χ0n) is 9.47. The maximum atomic E-state index is 11.9. The lowest BCUT2D eigenvalue weighted by Gasteiger charge is -2.02. The summed E-state index contributed by atoms with van der Waals surface area (Å²) in [6.07, 6.45) is 2.06. The lowest BCUT2D eigenvalue weighted by molar-refractivity contribution is 0.0957.